The number of sulfone groups is 1. The lowest BCUT2D eigenvalue weighted by Gasteiger charge is -2.10. The van der Waals surface area contributed by atoms with Gasteiger partial charge in [-0.3, -0.25) is 9.78 Å². The number of anilines is 1. The Labute approximate surface area is 196 Å². The maximum absolute atomic E-state index is 13.6. The Kier molecular flexibility index (Phi) is 8.02. The number of aromatic nitrogens is 1. The number of carbonyl (C=O) groups is 1. The number of halogens is 2. The van der Waals surface area contributed by atoms with Crippen molar-refractivity contribution < 1.29 is 22.3 Å². The Balaban J connectivity index is 1.68. The molecule has 10 heteroatoms. The summed E-state index contributed by atoms with van der Waals surface area (Å²) in [6, 6.07) is 11.8. The Morgan fingerprint density at radius 3 is 2.73 bits per heavy atom. The van der Waals surface area contributed by atoms with E-state index in [0.717, 1.165) is 0 Å². The minimum Gasteiger partial charge on any atom is -0.495 e. The van der Waals surface area contributed by atoms with E-state index in [-0.39, 0.29) is 27.8 Å². The van der Waals surface area contributed by atoms with Gasteiger partial charge in [0, 0.05) is 12.6 Å². The van der Waals surface area contributed by atoms with Crippen LogP contribution < -0.4 is 15.4 Å². The van der Waals surface area contributed by atoms with Crippen LogP contribution in [0, 0.1) is 5.82 Å². The van der Waals surface area contributed by atoms with Crippen molar-refractivity contribution in [1.82, 2.24) is 10.3 Å². The van der Waals surface area contributed by atoms with E-state index in [1.54, 1.807) is 36.7 Å². The first kappa shape index (κ1) is 24.2. The minimum absolute atomic E-state index is 0.00490. The third kappa shape index (κ3) is 6.53. The van der Waals surface area contributed by atoms with Crippen molar-refractivity contribution in [2.24, 2.45) is 0 Å². The first-order valence-electron chi connectivity index (χ1n) is 9.74. The number of nitrogens with one attached hydrogen (secondary N) is 2. The van der Waals surface area contributed by atoms with E-state index in [1.807, 2.05) is 0 Å². The summed E-state index contributed by atoms with van der Waals surface area (Å²) in [6.45, 7) is 0.0136. The summed E-state index contributed by atoms with van der Waals surface area (Å²) < 4.78 is 44.4. The molecule has 33 heavy (non-hydrogen) atoms. The molecule has 0 spiro atoms. The van der Waals surface area contributed by atoms with Gasteiger partial charge in [-0.15, -0.1) is 0 Å². The smallest absolute Gasteiger partial charge is 0.252 e. The molecule has 2 aromatic carbocycles. The number of hydrogen-bond acceptors (Lipinski definition) is 6. The Hall–Kier alpha value is -3.43. The van der Waals surface area contributed by atoms with Crippen LogP contribution in [0.25, 0.3) is 0 Å². The maximum atomic E-state index is 13.6. The number of pyridine rings is 1. The van der Waals surface area contributed by atoms with E-state index < -0.39 is 21.6 Å². The molecule has 3 rings (SSSR count). The highest BCUT2D eigenvalue weighted by atomic mass is 35.5. The van der Waals surface area contributed by atoms with Crippen molar-refractivity contribution in [3.05, 3.63) is 95.2 Å². The lowest BCUT2D eigenvalue weighted by Crippen LogP contribution is -2.25. The van der Waals surface area contributed by atoms with E-state index in [1.165, 1.54) is 43.7 Å². The van der Waals surface area contributed by atoms with E-state index in [9.17, 15) is 17.6 Å². The summed E-state index contributed by atoms with van der Waals surface area (Å²) >= 11 is 5.66. The number of nitrogens with zero attached hydrogens (tertiary/aromatic N) is 1. The van der Waals surface area contributed by atoms with Crippen molar-refractivity contribution in [3.8, 4) is 5.75 Å². The van der Waals surface area contributed by atoms with Crippen molar-refractivity contribution in [1.29, 1.82) is 0 Å². The van der Waals surface area contributed by atoms with Crippen LogP contribution >= 0.6 is 11.6 Å². The number of rotatable bonds is 9. The first-order valence-corrected chi connectivity index (χ1v) is 11.8. The molecule has 0 saturated carbocycles. The van der Waals surface area contributed by atoms with Gasteiger partial charge in [-0.25, -0.2) is 12.8 Å². The number of ether oxygens (including phenoxy) is 1. The zero-order valence-electron chi connectivity index (χ0n) is 17.6. The highest BCUT2D eigenvalue weighted by Gasteiger charge is 2.21. The second-order valence-electron chi connectivity index (χ2n) is 6.87. The van der Waals surface area contributed by atoms with Gasteiger partial charge in [-0.05, 0) is 36.0 Å². The number of carbonyl (C=O) groups excluding carboxylic acids is 1. The van der Waals surface area contributed by atoms with Crippen LogP contribution in [-0.4, -0.2) is 32.2 Å². The monoisotopic (exact) mass is 489 g/mol. The Morgan fingerprint density at radius 2 is 1.97 bits per heavy atom. The molecule has 0 atom stereocenters. The summed E-state index contributed by atoms with van der Waals surface area (Å²) in [4.78, 5) is 16.6. The highest BCUT2D eigenvalue weighted by molar-refractivity contribution is 7.91. The molecule has 1 aromatic heterocycles. The molecule has 0 unspecified atom stereocenters. The maximum Gasteiger partial charge on any atom is 0.252 e. The Morgan fingerprint density at radius 1 is 1.18 bits per heavy atom. The van der Waals surface area contributed by atoms with Crippen LogP contribution in [0.2, 0.25) is 5.02 Å². The molecule has 0 aliphatic rings. The van der Waals surface area contributed by atoms with E-state index >= 15 is 0 Å². The van der Waals surface area contributed by atoms with Crippen molar-refractivity contribution in [2.45, 2.75) is 11.4 Å². The summed E-state index contributed by atoms with van der Waals surface area (Å²) in [6.07, 6.45) is 6.02. The molecule has 2 N–H and O–H groups in total. The fourth-order valence-electron chi connectivity index (χ4n) is 2.88. The lowest BCUT2D eigenvalue weighted by molar-refractivity contribution is 0.0947. The fourth-order valence-corrected chi connectivity index (χ4v) is 4.31. The fraction of sp³-hybridized carbons (Fsp3) is 0.130. The van der Waals surface area contributed by atoms with Gasteiger partial charge >= 0.3 is 0 Å². The topological polar surface area (TPSA) is 97.4 Å². The van der Waals surface area contributed by atoms with Crippen LogP contribution in [0.1, 0.15) is 15.9 Å². The van der Waals surface area contributed by atoms with E-state index in [0.29, 0.717) is 17.0 Å². The summed E-state index contributed by atoms with van der Waals surface area (Å²) in [5, 5.41) is 5.51. The minimum atomic E-state index is -3.80. The number of benzene rings is 2. The third-order valence-electron chi connectivity index (χ3n) is 4.54. The van der Waals surface area contributed by atoms with Crippen LogP contribution in [0.5, 0.6) is 5.75 Å². The van der Waals surface area contributed by atoms with E-state index in [4.69, 9.17) is 16.3 Å². The van der Waals surface area contributed by atoms with Gasteiger partial charge in [0.05, 0.1) is 46.4 Å². The van der Waals surface area contributed by atoms with Crippen LogP contribution in [0.4, 0.5) is 10.1 Å². The molecule has 3 aromatic rings. The zero-order valence-corrected chi connectivity index (χ0v) is 19.2. The normalized spacial score (nSPS) is 11.4. The van der Waals surface area contributed by atoms with Crippen molar-refractivity contribution in [2.75, 3.05) is 18.2 Å². The molecule has 0 bridgehead atoms. The quantitative estimate of drug-likeness (QED) is 0.467. The van der Waals surface area contributed by atoms with Crippen LogP contribution in [-0.2, 0) is 16.4 Å². The molecule has 1 amide bonds. The summed E-state index contributed by atoms with van der Waals surface area (Å²) in [7, 11) is -2.29. The van der Waals surface area contributed by atoms with Gasteiger partial charge in [-0.2, -0.15) is 0 Å². The molecule has 0 fully saturated rings. The highest BCUT2D eigenvalue weighted by Crippen LogP contribution is 2.19. The van der Waals surface area contributed by atoms with Crippen molar-refractivity contribution >= 4 is 33.0 Å². The molecule has 0 radical (unpaired) electrons. The predicted octanol–water partition coefficient (Wildman–Crippen LogP) is 4.21. The molecular weight excluding hydrogens is 469 g/mol. The largest absolute Gasteiger partial charge is 0.495 e. The second kappa shape index (κ2) is 10.9. The average molecular weight is 490 g/mol. The molecule has 0 aliphatic heterocycles. The number of amides is 1. The molecule has 172 valence electrons. The molecule has 1 heterocycles. The molecule has 0 saturated heterocycles. The SMILES string of the molecule is COc1cncc(NC=CCS(=O)(=O)c2ccccc2C(=O)NCc2ccc(Cl)c(F)c2)c1. The number of methoxy groups -OCH3 is 1. The van der Waals surface area contributed by atoms with E-state index in [2.05, 4.69) is 15.6 Å². The number of hydrogen-bond donors (Lipinski definition) is 2. The van der Waals surface area contributed by atoms with Gasteiger partial charge in [0.25, 0.3) is 5.91 Å². The summed E-state index contributed by atoms with van der Waals surface area (Å²) in [5.41, 5.74) is 1.12. The first-order chi connectivity index (χ1) is 15.8. The van der Waals surface area contributed by atoms with Crippen LogP contribution in [0.3, 0.4) is 0 Å². The van der Waals surface area contributed by atoms with Gasteiger partial charge in [0.1, 0.15) is 11.6 Å². The third-order valence-corrected chi connectivity index (χ3v) is 6.50. The average Bonchev–Trinajstić information content (AvgIpc) is 2.82. The molecular formula is C23H21ClFN3O4S. The predicted molar refractivity (Wildman–Crippen MR) is 125 cm³/mol. The Bertz CT molecular complexity index is 1280. The van der Waals surface area contributed by atoms with Crippen molar-refractivity contribution in [3.63, 3.8) is 0 Å². The van der Waals surface area contributed by atoms with Gasteiger partial charge < -0.3 is 15.4 Å². The second-order valence-corrected chi connectivity index (χ2v) is 9.28. The van der Waals surface area contributed by atoms with Gasteiger partial charge in [-0.1, -0.05) is 35.9 Å². The van der Waals surface area contributed by atoms with Crippen LogP contribution in [0.15, 0.2) is 78.1 Å². The zero-order chi connectivity index (χ0) is 23.8. The molecule has 0 aliphatic carbocycles. The molecule has 7 nitrogen and oxygen atoms in total. The lowest BCUT2D eigenvalue weighted by atomic mass is 10.2. The van der Waals surface area contributed by atoms with Gasteiger partial charge in [0.2, 0.25) is 0 Å². The standard InChI is InChI=1S/C23H21ClFN3O4S/c1-32-18-12-17(14-26-15-18)27-9-4-10-33(30,31)22-6-3-2-5-19(22)23(29)28-13-16-7-8-20(24)21(25)11-16/h2-9,11-12,14-15,27H,10,13H2,1H3,(H,28,29). The summed E-state index contributed by atoms with van der Waals surface area (Å²) in [5.74, 6) is -0.961. The van der Waals surface area contributed by atoms with Gasteiger partial charge in [0.15, 0.2) is 9.84 Å².